The SMILES string of the molecule is O=C1CCC(=C(c2ccccc2)c2ccccc2)C1. The van der Waals surface area contributed by atoms with Gasteiger partial charge in [0.15, 0.2) is 0 Å². The minimum atomic E-state index is 0.361. The van der Waals surface area contributed by atoms with Crippen molar-refractivity contribution in [3.8, 4) is 0 Å². The molecule has 0 saturated heterocycles. The molecule has 0 aliphatic heterocycles. The standard InChI is InChI=1S/C18H16O/c19-17-12-11-16(13-17)18(14-7-3-1-4-8-14)15-9-5-2-6-10-15/h1-10H,11-13H2. The number of carbonyl (C=O) groups is 1. The topological polar surface area (TPSA) is 17.1 Å². The lowest BCUT2D eigenvalue weighted by atomic mass is 9.92. The van der Waals surface area contributed by atoms with Crippen molar-refractivity contribution >= 4 is 11.4 Å². The van der Waals surface area contributed by atoms with E-state index in [0.717, 1.165) is 6.42 Å². The third-order valence-corrected chi connectivity index (χ3v) is 3.59. The number of ketones is 1. The van der Waals surface area contributed by atoms with Gasteiger partial charge in [-0.1, -0.05) is 66.2 Å². The van der Waals surface area contributed by atoms with Crippen LogP contribution in [0, 0.1) is 0 Å². The van der Waals surface area contributed by atoms with E-state index < -0.39 is 0 Å². The molecule has 0 atom stereocenters. The van der Waals surface area contributed by atoms with Crippen molar-refractivity contribution in [1.82, 2.24) is 0 Å². The minimum Gasteiger partial charge on any atom is -0.299 e. The van der Waals surface area contributed by atoms with Gasteiger partial charge in [-0.05, 0) is 23.1 Å². The summed E-state index contributed by atoms with van der Waals surface area (Å²) in [5.74, 6) is 0.361. The van der Waals surface area contributed by atoms with Crippen LogP contribution in [-0.4, -0.2) is 5.78 Å². The van der Waals surface area contributed by atoms with E-state index in [-0.39, 0.29) is 0 Å². The van der Waals surface area contributed by atoms with Gasteiger partial charge in [-0.15, -0.1) is 0 Å². The van der Waals surface area contributed by atoms with E-state index in [1.165, 1.54) is 22.3 Å². The molecule has 0 aromatic heterocycles. The van der Waals surface area contributed by atoms with Crippen LogP contribution < -0.4 is 0 Å². The Labute approximate surface area is 113 Å². The largest absolute Gasteiger partial charge is 0.299 e. The number of hydrogen-bond donors (Lipinski definition) is 0. The van der Waals surface area contributed by atoms with Gasteiger partial charge in [-0.25, -0.2) is 0 Å². The lowest BCUT2D eigenvalue weighted by Gasteiger charge is -2.12. The fourth-order valence-corrected chi connectivity index (χ4v) is 2.70. The summed E-state index contributed by atoms with van der Waals surface area (Å²) < 4.78 is 0. The first-order valence-corrected chi connectivity index (χ1v) is 6.69. The van der Waals surface area contributed by atoms with Crippen molar-refractivity contribution in [2.24, 2.45) is 0 Å². The molecule has 0 unspecified atom stereocenters. The Hall–Kier alpha value is -2.15. The lowest BCUT2D eigenvalue weighted by molar-refractivity contribution is -0.117. The molecule has 1 saturated carbocycles. The molecule has 3 rings (SSSR count). The van der Waals surface area contributed by atoms with Gasteiger partial charge in [0.05, 0.1) is 0 Å². The Morgan fingerprint density at radius 1 is 0.737 bits per heavy atom. The van der Waals surface area contributed by atoms with E-state index >= 15 is 0 Å². The molecule has 94 valence electrons. The normalized spacial score (nSPS) is 14.7. The molecular formula is C18H16O. The molecular weight excluding hydrogens is 232 g/mol. The fourth-order valence-electron chi connectivity index (χ4n) is 2.70. The second kappa shape index (κ2) is 5.23. The molecule has 0 radical (unpaired) electrons. The Morgan fingerprint density at radius 2 is 1.26 bits per heavy atom. The monoisotopic (exact) mass is 248 g/mol. The number of carbonyl (C=O) groups excluding carboxylic acids is 1. The van der Waals surface area contributed by atoms with Crippen LogP contribution in [0.2, 0.25) is 0 Å². The molecule has 2 aromatic rings. The van der Waals surface area contributed by atoms with Gasteiger partial charge in [0, 0.05) is 12.8 Å². The number of allylic oxidation sites excluding steroid dienone is 1. The predicted octanol–water partition coefficient (Wildman–Crippen LogP) is 4.24. The van der Waals surface area contributed by atoms with Gasteiger partial charge in [0.2, 0.25) is 0 Å². The van der Waals surface area contributed by atoms with Crippen molar-refractivity contribution < 1.29 is 4.79 Å². The van der Waals surface area contributed by atoms with Crippen LogP contribution in [0.25, 0.3) is 5.57 Å². The van der Waals surface area contributed by atoms with Crippen LogP contribution in [0.1, 0.15) is 30.4 Å². The van der Waals surface area contributed by atoms with E-state index in [1.54, 1.807) is 0 Å². The highest BCUT2D eigenvalue weighted by atomic mass is 16.1. The fraction of sp³-hybridized carbons (Fsp3) is 0.167. The number of benzene rings is 2. The quantitative estimate of drug-likeness (QED) is 0.776. The summed E-state index contributed by atoms with van der Waals surface area (Å²) in [6, 6.07) is 20.7. The van der Waals surface area contributed by atoms with Gasteiger partial charge in [-0.2, -0.15) is 0 Å². The zero-order chi connectivity index (χ0) is 13.1. The summed E-state index contributed by atoms with van der Waals surface area (Å²) in [7, 11) is 0. The van der Waals surface area contributed by atoms with Gasteiger partial charge in [-0.3, -0.25) is 4.79 Å². The summed E-state index contributed by atoms with van der Waals surface area (Å²) in [4.78, 5) is 11.6. The van der Waals surface area contributed by atoms with Gasteiger partial charge in [0.25, 0.3) is 0 Å². The average molecular weight is 248 g/mol. The highest BCUT2D eigenvalue weighted by Crippen LogP contribution is 2.34. The Morgan fingerprint density at radius 3 is 1.68 bits per heavy atom. The van der Waals surface area contributed by atoms with Crippen molar-refractivity contribution in [3.05, 3.63) is 77.4 Å². The molecule has 0 amide bonds. The van der Waals surface area contributed by atoms with E-state index in [1.807, 2.05) is 12.1 Å². The van der Waals surface area contributed by atoms with Crippen LogP contribution >= 0.6 is 0 Å². The second-order valence-corrected chi connectivity index (χ2v) is 4.93. The number of rotatable bonds is 2. The summed E-state index contributed by atoms with van der Waals surface area (Å²) in [5, 5.41) is 0. The number of Topliss-reactive ketones (excluding diaryl/α,β-unsaturated/α-hetero) is 1. The average Bonchev–Trinajstić information content (AvgIpc) is 2.88. The van der Waals surface area contributed by atoms with Crippen molar-refractivity contribution in [2.45, 2.75) is 19.3 Å². The van der Waals surface area contributed by atoms with Crippen LogP contribution in [0.5, 0.6) is 0 Å². The molecule has 1 aliphatic carbocycles. The maximum atomic E-state index is 11.6. The zero-order valence-corrected chi connectivity index (χ0v) is 10.8. The van der Waals surface area contributed by atoms with Crippen LogP contribution in [0.3, 0.4) is 0 Å². The van der Waals surface area contributed by atoms with E-state index in [2.05, 4.69) is 48.5 Å². The van der Waals surface area contributed by atoms with E-state index in [9.17, 15) is 4.79 Å². The molecule has 0 heterocycles. The zero-order valence-electron chi connectivity index (χ0n) is 10.8. The van der Waals surface area contributed by atoms with E-state index in [0.29, 0.717) is 18.6 Å². The third kappa shape index (κ3) is 2.50. The molecule has 0 bridgehead atoms. The van der Waals surface area contributed by atoms with Gasteiger partial charge in [0.1, 0.15) is 5.78 Å². The molecule has 19 heavy (non-hydrogen) atoms. The van der Waals surface area contributed by atoms with Crippen molar-refractivity contribution in [2.75, 3.05) is 0 Å². The van der Waals surface area contributed by atoms with Crippen LogP contribution in [0.4, 0.5) is 0 Å². The maximum Gasteiger partial charge on any atom is 0.137 e. The third-order valence-electron chi connectivity index (χ3n) is 3.59. The molecule has 0 spiro atoms. The van der Waals surface area contributed by atoms with Crippen LogP contribution in [-0.2, 0) is 4.79 Å². The Kier molecular flexibility index (Phi) is 3.28. The van der Waals surface area contributed by atoms with Crippen molar-refractivity contribution in [3.63, 3.8) is 0 Å². The molecule has 2 aromatic carbocycles. The Balaban J connectivity index is 2.15. The molecule has 1 aliphatic rings. The smallest absolute Gasteiger partial charge is 0.137 e. The predicted molar refractivity (Wildman–Crippen MR) is 77.8 cm³/mol. The first-order chi connectivity index (χ1) is 9.34. The molecule has 1 nitrogen and oxygen atoms in total. The lowest BCUT2D eigenvalue weighted by Crippen LogP contribution is -1.93. The number of hydrogen-bond acceptors (Lipinski definition) is 1. The highest BCUT2D eigenvalue weighted by molar-refractivity contribution is 5.91. The molecule has 0 N–H and O–H groups in total. The summed E-state index contributed by atoms with van der Waals surface area (Å²) in [5.41, 5.74) is 4.94. The van der Waals surface area contributed by atoms with Gasteiger partial charge < -0.3 is 0 Å². The van der Waals surface area contributed by atoms with E-state index in [4.69, 9.17) is 0 Å². The molecule has 1 fully saturated rings. The van der Waals surface area contributed by atoms with Crippen molar-refractivity contribution in [1.29, 1.82) is 0 Å². The first-order valence-electron chi connectivity index (χ1n) is 6.69. The molecule has 1 heteroatoms. The Bertz CT molecular complexity index is 567. The highest BCUT2D eigenvalue weighted by Gasteiger charge is 2.20. The maximum absolute atomic E-state index is 11.6. The first kappa shape index (κ1) is 11.9. The summed E-state index contributed by atoms with van der Waals surface area (Å²) >= 11 is 0. The summed E-state index contributed by atoms with van der Waals surface area (Å²) in [6.45, 7) is 0. The summed E-state index contributed by atoms with van der Waals surface area (Å²) in [6.07, 6.45) is 2.20. The minimum absolute atomic E-state index is 0.361. The van der Waals surface area contributed by atoms with Crippen LogP contribution in [0.15, 0.2) is 66.2 Å². The second-order valence-electron chi connectivity index (χ2n) is 4.93. The van der Waals surface area contributed by atoms with Gasteiger partial charge >= 0.3 is 0 Å².